The van der Waals surface area contributed by atoms with Crippen LogP contribution < -0.4 is 10.6 Å². The molecule has 38 heavy (non-hydrogen) atoms. The zero-order chi connectivity index (χ0) is 27.1. The Kier molecular flexibility index (Phi) is 8.93. The Hall–Kier alpha value is -3.95. The number of hydrogen-bond acceptors (Lipinski definition) is 6. The summed E-state index contributed by atoms with van der Waals surface area (Å²) < 4.78 is 19.2. The van der Waals surface area contributed by atoms with E-state index in [0.717, 1.165) is 16.0 Å². The molecular weight excluding hydrogens is 523 g/mol. The molecular formula is C29H25FN2O4S2. The number of hydrogen-bond donors (Lipinski definition) is 2. The van der Waals surface area contributed by atoms with Gasteiger partial charge in [0.1, 0.15) is 16.4 Å². The summed E-state index contributed by atoms with van der Waals surface area (Å²) >= 11 is 2.54. The summed E-state index contributed by atoms with van der Waals surface area (Å²) in [6, 6.07) is 20.5. The summed E-state index contributed by atoms with van der Waals surface area (Å²) in [6.45, 7) is 3.94. The Balaban J connectivity index is 1.43. The number of esters is 1. The summed E-state index contributed by atoms with van der Waals surface area (Å²) in [7, 11) is 0. The number of amides is 2. The van der Waals surface area contributed by atoms with Crippen LogP contribution in [0.2, 0.25) is 0 Å². The van der Waals surface area contributed by atoms with Gasteiger partial charge in [-0.15, -0.1) is 23.1 Å². The Morgan fingerprint density at radius 2 is 1.74 bits per heavy atom. The molecule has 9 heteroatoms. The molecule has 0 spiro atoms. The van der Waals surface area contributed by atoms with Gasteiger partial charge in [0.25, 0.3) is 5.91 Å². The molecule has 0 aliphatic carbocycles. The van der Waals surface area contributed by atoms with Gasteiger partial charge in [0.2, 0.25) is 5.91 Å². The molecule has 0 radical (unpaired) electrons. The minimum absolute atomic E-state index is 0.0525. The lowest BCUT2D eigenvalue weighted by atomic mass is 10.0. The van der Waals surface area contributed by atoms with Gasteiger partial charge in [-0.2, -0.15) is 0 Å². The van der Waals surface area contributed by atoms with Crippen LogP contribution in [0.25, 0.3) is 11.1 Å². The minimum atomic E-state index is -0.603. The molecule has 0 aliphatic rings. The second-order valence-electron chi connectivity index (χ2n) is 8.24. The van der Waals surface area contributed by atoms with Crippen molar-refractivity contribution in [2.45, 2.75) is 18.7 Å². The maximum atomic E-state index is 13.9. The molecule has 0 bridgehead atoms. The second-order valence-corrected chi connectivity index (χ2v) is 10.2. The number of thioether (sulfide) groups is 1. The molecule has 0 unspecified atom stereocenters. The predicted octanol–water partition coefficient (Wildman–Crippen LogP) is 7.02. The largest absolute Gasteiger partial charge is 0.462 e. The van der Waals surface area contributed by atoms with Gasteiger partial charge in [0, 0.05) is 21.5 Å². The Bertz CT molecular complexity index is 1470. The molecule has 0 aliphatic heterocycles. The number of nitrogens with one attached hydrogen (secondary N) is 2. The van der Waals surface area contributed by atoms with Crippen molar-refractivity contribution in [3.63, 3.8) is 0 Å². The van der Waals surface area contributed by atoms with E-state index in [1.807, 2.05) is 36.6 Å². The van der Waals surface area contributed by atoms with E-state index in [1.54, 1.807) is 37.3 Å². The van der Waals surface area contributed by atoms with Gasteiger partial charge in [-0.1, -0.05) is 48.0 Å². The van der Waals surface area contributed by atoms with Crippen molar-refractivity contribution in [2.24, 2.45) is 0 Å². The second kappa shape index (κ2) is 12.5. The number of rotatable bonds is 9. The van der Waals surface area contributed by atoms with Crippen LogP contribution in [-0.4, -0.2) is 30.1 Å². The lowest BCUT2D eigenvalue weighted by Gasteiger charge is -2.10. The third-order valence-corrected chi connectivity index (χ3v) is 7.36. The number of aryl methyl sites for hydroxylation is 1. The molecule has 3 aromatic carbocycles. The number of ether oxygens (including phenoxy) is 1. The average Bonchev–Trinajstić information content (AvgIpc) is 3.32. The molecule has 2 amide bonds. The van der Waals surface area contributed by atoms with E-state index < -0.39 is 17.7 Å². The first-order valence-electron chi connectivity index (χ1n) is 11.8. The van der Waals surface area contributed by atoms with E-state index in [0.29, 0.717) is 21.8 Å². The van der Waals surface area contributed by atoms with Crippen LogP contribution in [0.3, 0.4) is 0 Å². The van der Waals surface area contributed by atoms with Gasteiger partial charge >= 0.3 is 5.97 Å². The van der Waals surface area contributed by atoms with E-state index in [9.17, 15) is 18.8 Å². The first-order valence-corrected chi connectivity index (χ1v) is 13.7. The molecule has 0 saturated heterocycles. The molecule has 0 fully saturated rings. The minimum Gasteiger partial charge on any atom is -0.462 e. The van der Waals surface area contributed by atoms with Crippen molar-refractivity contribution in [3.05, 3.63) is 101 Å². The van der Waals surface area contributed by atoms with E-state index in [-0.39, 0.29) is 23.8 Å². The van der Waals surface area contributed by atoms with Crippen LogP contribution in [0.15, 0.2) is 83.1 Å². The van der Waals surface area contributed by atoms with Crippen molar-refractivity contribution in [1.82, 2.24) is 0 Å². The van der Waals surface area contributed by atoms with Crippen molar-refractivity contribution in [2.75, 3.05) is 23.0 Å². The van der Waals surface area contributed by atoms with Crippen molar-refractivity contribution in [1.29, 1.82) is 0 Å². The monoisotopic (exact) mass is 548 g/mol. The summed E-state index contributed by atoms with van der Waals surface area (Å²) in [5.74, 6) is -1.88. The SMILES string of the molecule is CCOC(=O)c1c(-c2ccc(C)cc2)csc1NC(=O)CSc1cccc(NC(=O)c2ccccc2F)c1. The van der Waals surface area contributed by atoms with Crippen LogP contribution in [0.4, 0.5) is 15.1 Å². The van der Waals surface area contributed by atoms with Crippen LogP contribution in [0.1, 0.15) is 33.2 Å². The highest BCUT2D eigenvalue weighted by Gasteiger charge is 2.23. The number of carbonyl (C=O) groups excluding carboxylic acids is 3. The summed E-state index contributed by atoms with van der Waals surface area (Å²) in [4.78, 5) is 38.7. The van der Waals surface area contributed by atoms with Crippen molar-refractivity contribution >= 4 is 51.6 Å². The first-order chi connectivity index (χ1) is 18.4. The highest BCUT2D eigenvalue weighted by atomic mass is 32.2. The predicted molar refractivity (Wildman–Crippen MR) is 151 cm³/mol. The molecule has 194 valence electrons. The smallest absolute Gasteiger partial charge is 0.341 e. The van der Waals surface area contributed by atoms with Gasteiger partial charge < -0.3 is 15.4 Å². The molecule has 1 aromatic heterocycles. The van der Waals surface area contributed by atoms with E-state index in [2.05, 4.69) is 10.6 Å². The highest BCUT2D eigenvalue weighted by molar-refractivity contribution is 8.00. The fourth-order valence-electron chi connectivity index (χ4n) is 3.62. The maximum absolute atomic E-state index is 13.9. The zero-order valence-corrected chi connectivity index (χ0v) is 22.4. The summed E-state index contributed by atoms with van der Waals surface area (Å²) in [5.41, 5.74) is 3.42. The quantitative estimate of drug-likeness (QED) is 0.173. The Morgan fingerprint density at radius 3 is 2.47 bits per heavy atom. The van der Waals surface area contributed by atoms with Crippen molar-refractivity contribution in [3.8, 4) is 11.1 Å². The molecule has 6 nitrogen and oxygen atoms in total. The number of benzene rings is 3. The molecule has 0 atom stereocenters. The fraction of sp³-hybridized carbons (Fsp3) is 0.138. The summed E-state index contributed by atoms with van der Waals surface area (Å²) in [5, 5.41) is 7.78. The third kappa shape index (κ3) is 6.67. The molecule has 4 aromatic rings. The van der Waals surface area contributed by atoms with Gasteiger partial charge in [-0.3, -0.25) is 9.59 Å². The van der Waals surface area contributed by atoms with Crippen LogP contribution in [-0.2, 0) is 9.53 Å². The zero-order valence-electron chi connectivity index (χ0n) is 20.7. The molecule has 4 rings (SSSR count). The van der Waals surface area contributed by atoms with Gasteiger partial charge in [0.15, 0.2) is 0 Å². The lowest BCUT2D eigenvalue weighted by Crippen LogP contribution is -2.16. The van der Waals surface area contributed by atoms with Gasteiger partial charge in [-0.05, 0) is 49.7 Å². The molecule has 2 N–H and O–H groups in total. The number of halogens is 1. The maximum Gasteiger partial charge on any atom is 0.341 e. The van der Waals surface area contributed by atoms with E-state index in [4.69, 9.17) is 4.74 Å². The third-order valence-electron chi connectivity index (χ3n) is 5.47. The topological polar surface area (TPSA) is 84.5 Å². The fourth-order valence-corrected chi connectivity index (χ4v) is 5.35. The Morgan fingerprint density at radius 1 is 0.974 bits per heavy atom. The van der Waals surface area contributed by atoms with Crippen LogP contribution >= 0.6 is 23.1 Å². The standard InChI is InChI=1S/C29H25FN2O4S2/c1-3-36-29(35)26-23(19-13-11-18(2)12-14-19)16-38-28(26)32-25(33)17-37-21-8-6-7-20(15-21)31-27(34)22-9-4-5-10-24(22)30/h4-16H,3,17H2,1-2H3,(H,31,34)(H,32,33). The van der Waals surface area contributed by atoms with Gasteiger partial charge in [-0.25, -0.2) is 9.18 Å². The number of carbonyl (C=O) groups is 3. The molecule has 1 heterocycles. The average molecular weight is 549 g/mol. The van der Waals surface area contributed by atoms with E-state index >= 15 is 0 Å². The number of thiophene rings is 1. The van der Waals surface area contributed by atoms with Gasteiger partial charge in [0.05, 0.1) is 17.9 Å². The molecule has 0 saturated carbocycles. The van der Waals surface area contributed by atoms with Crippen LogP contribution in [0.5, 0.6) is 0 Å². The highest BCUT2D eigenvalue weighted by Crippen LogP contribution is 2.36. The van der Waals surface area contributed by atoms with Crippen LogP contribution in [0, 0.1) is 12.7 Å². The first kappa shape index (κ1) is 27.1. The Labute approximate surface area is 228 Å². The lowest BCUT2D eigenvalue weighted by molar-refractivity contribution is -0.113. The van der Waals surface area contributed by atoms with Crippen molar-refractivity contribution < 1.29 is 23.5 Å². The summed E-state index contributed by atoms with van der Waals surface area (Å²) in [6.07, 6.45) is 0. The number of anilines is 2. The van der Waals surface area contributed by atoms with E-state index in [1.165, 1.54) is 41.3 Å². The normalized spacial score (nSPS) is 10.6.